The van der Waals surface area contributed by atoms with Crippen molar-refractivity contribution in [2.45, 2.75) is 71.4 Å². The Balaban J connectivity index is 2.73. The number of carbonyl (C=O) groups excluding carboxylic acids is 1. The van der Waals surface area contributed by atoms with E-state index in [0.717, 1.165) is 32.1 Å². The second-order valence-electron chi connectivity index (χ2n) is 6.63. The highest BCUT2D eigenvalue weighted by Gasteiger charge is 2.41. The maximum absolute atomic E-state index is 11.8. The van der Waals surface area contributed by atoms with E-state index in [1.165, 1.54) is 0 Å². The first-order chi connectivity index (χ1) is 8.64. The van der Waals surface area contributed by atoms with Crippen molar-refractivity contribution >= 4 is 12.1 Å². The third-order valence-electron chi connectivity index (χ3n) is 3.60. The number of carboxylic acid groups (broad SMARTS) is 1. The van der Waals surface area contributed by atoms with Crippen LogP contribution in [-0.2, 0) is 9.53 Å². The molecular formula is C14H25NO4. The number of nitrogens with one attached hydrogen (secondary N) is 1. The first-order valence-electron chi connectivity index (χ1n) is 6.86. The molecule has 1 atom stereocenters. The summed E-state index contributed by atoms with van der Waals surface area (Å²) in [4.78, 5) is 23.2. The summed E-state index contributed by atoms with van der Waals surface area (Å²) in [5.74, 6) is -0.991. The summed E-state index contributed by atoms with van der Waals surface area (Å²) in [6, 6.07) is -0.886. The third-order valence-corrected chi connectivity index (χ3v) is 3.60. The van der Waals surface area contributed by atoms with Crippen LogP contribution in [-0.4, -0.2) is 28.8 Å². The average Bonchev–Trinajstić information content (AvgIpc) is 2.24. The fourth-order valence-electron chi connectivity index (χ4n) is 2.61. The molecule has 1 fully saturated rings. The van der Waals surface area contributed by atoms with Gasteiger partial charge in [-0.05, 0) is 39.0 Å². The van der Waals surface area contributed by atoms with Crippen LogP contribution in [0, 0.1) is 5.41 Å². The minimum atomic E-state index is -0.991. The van der Waals surface area contributed by atoms with Crippen molar-refractivity contribution in [3.05, 3.63) is 0 Å². The molecule has 19 heavy (non-hydrogen) atoms. The van der Waals surface area contributed by atoms with Gasteiger partial charge in [-0.3, -0.25) is 0 Å². The van der Waals surface area contributed by atoms with Crippen LogP contribution in [0.5, 0.6) is 0 Å². The van der Waals surface area contributed by atoms with Crippen molar-refractivity contribution in [1.29, 1.82) is 0 Å². The molecule has 5 heteroatoms. The number of hydrogen-bond donors (Lipinski definition) is 2. The molecule has 0 saturated heterocycles. The monoisotopic (exact) mass is 271 g/mol. The highest BCUT2D eigenvalue weighted by Crippen LogP contribution is 2.39. The average molecular weight is 271 g/mol. The van der Waals surface area contributed by atoms with Gasteiger partial charge in [-0.25, -0.2) is 9.59 Å². The fraction of sp³-hybridized carbons (Fsp3) is 0.857. The highest BCUT2D eigenvalue weighted by molar-refractivity contribution is 5.81. The van der Waals surface area contributed by atoms with Gasteiger partial charge in [0.1, 0.15) is 11.6 Å². The lowest BCUT2D eigenvalue weighted by atomic mass is 9.70. The molecule has 1 unspecified atom stereocenters. The SMILES string of the molecule is CC(C)(C)OC(=O)NC(C(=O)O)C1(C)CCCCC1. The van der Waals surface area contributed by atoms with Gasteiger partial charge in [0.05, 0.1) is 0 Å². The number of carbonyl (C=O) groups is 2. The van der Waals surface area contributed by atoms with E-state index in [9.17, 15) is 14.7 Å². The molecule has 0 aromatic heterocycles. The number of aliphatic carboxylic acids is 1. The van der Waals surface area contributed by atoms with E-state index in [2.05, 4.69) is 5.32 Å². The van der Waals surface area contributed by atoms with Gasteiger partial charge in [-0.1, -0.05) is 26.2 Å². The summed E-state index contributed by atoms with van der Waals surface area (Å²) in [6.45, 7) is 7.20. The Kier molecular flexibility index (Phi) is 4.82. The van der Waals surface area contributed by atoms with E-state index < -0.39 is 23.7 Å². The van der Waals surface area contributed by atoms with Gasteiger partial charge in [-0.15, -0.1) is 0 Å². The molecule has 1 saturated carbocycles. The van der Waals surface area contributed by atoms with Crippen molar-refractivity contribution < 1.29 is 19.4 Å². The van der Waals surface area contributed by atoms with Crippen molar-refractivity contribution in [2.75, 3.05) is 0 Å². The Morgan fingerprint density at radius 2 is 1.74 bits per heavy atom. The molecule has 0 bridgehead atoms. The largest absolute Gasteiger partial charge is 0.480 e. The van der Waals surface area contributed by atoms with Crippen LogP contribution in [0.15, 0.2) is 0 Å². The van der Waals surface area contributed by atoms with E-state index in [0.29, 0.717) is 0 Å². The molecule has 0 radical (unpaired) electrons. The summed E-state index contributed by atoms with van der Waals surface area (Å²) in [5.41, 5.74) is -1.01. The van der Waals surface area contributed by atoms with Gasteiger partial charge in [0, 0.05) is 0 Å². The molecular weight excluding hydrogens is 246 g/mol. The first kappa shape index (κ1) is 15.8. The topological polar surface area (TPSA) is 75.6 Å². The molecule has 0 heterocycles. The predicted octanol–water partition coefficient (Wildman–Crippen LogP) is 2.93. The molecule has 0 aromatic rings. The van der Waals surface area contributed by atoms with Gasteiger partial charge in [0.25, 0.3) is 0 Å². The quantitative estimate of drug-likeness (QED) is 0.827. The molecule has 5 nitrogen and oxygen atoms in total. The Bertz CT molecular complexity index is 340. The molecule has 1 aliphatic rings. The van der Waals surface area contributed by atoms with Crippen LogP contribution in [0.1, 0.15) is 59.8 Å². The van der Waals surface area contributed by atoms with E-state index >= 15 is 0 Å². The van der Waals surface area contributed by atoms with Gasteiger partial charge >= 0.3 is 12.1 Å². The lowest BCUT2D eigenvalue weighted by Crippen LogP contribution is -2.53. The van der Waals surface area contributed by atoms with E-state index in [4.69, 9.17) is 4.74 Å². The second kappa shape index (κ2) is 5.80. The predicted molar refractivity (Wildman–Crippen MR) is 72.0 cm³/mol. The number of amides is 1. The molecule has 1 rings (SSSR count). The lowest BCUT2D eigenvalue weighted by Gasteiger charge is -2.38. The maximum Gasteiger partial charge on any atom is 0.408 e. The normalized spacial score (nSPS) is 20.4. The summed E-state index contributed by atoms with van der Waals surface area (Å²) >= 11 is 0. The number of ether oxygens (including phenoxy) is 1. The standard InChI is InChI=1S/C14H25NO4/c1-13(2,3)19-12(18)15-10(11(16)17)14(4)8-6-5-7-9-14/h10H,5-9H2,1-4H3,(H,15,18)(H,16,17). The minimum Gasteiger partial charge on any atom is -0.480 e. The van der Waals surface area contributed by atoms with Crippen molar-refractivity contribution in [2.24, 2.45) is 5.41 Å². The lowest BCUT2D eigenvalue weighted by molar-refractivity contribution is -0.143. The Morgan fingerprint density at radius 1 is 1.21 bits per heavy atom. The molecule has 0 aromatic carbocycles. The third kappa shape index (κ3) is 4.73. The molecule has 1 amide bonds. The summed E-state index contributed by atoms with van der Waals surface area (Å²) in [7, 11) is 0. The number of alkyl carbamates (subject to hydrolysis) is 1. The molecule has 1 aliphatic carbocycles. The zero-order valence-corrected chi connectivity index (χ0v) is 12.3. The van der Waals surface area contributed by atoms with E-state index in [1.54, 1.807) is 20.8 Å². The van der Waals surface area contributed by atoms with Crippen molar-refractivity contribution in [3.8, 4) is 0 Å². The highest BCUT2D eigenvalue weighted by atomic mass is 16.6. The van der Waals surface area contributed by atoms with E-state index in [-0.39, 0.29) is 5.41 Å². The maximum atomic E-state index is 11.8. The van der Waals surface area contributed by atoms with Gasteiger partial charge in [0.15, 0.2) is 0 Å². The summed E-state index contributed by atoms with van der Waals surface area (Å²) in [5, 5.41) is 11.9. The molecule has 0 aliphatic heterocycles. The van der Waals surface area contributed by atoms with Crippen LogP contribution < -0.4 is 5.32 Å². The first-order valence-corrected chi connectivity index (χ1v) is 6.86. The van der Waals surface area contributed by atoms with Crippen molar-refractivity contribution in [1.82, 2.24) is 5.32 Å². The Morgan fingerprint density at radius 3 is 2.16 bits per heavy atom. The van der Waals surface area contributed by atoms with Crippen LogP contribution in [0.25, 0.3) is 0 Å². The molecule has 2 N–H and O–H groups in total. The summed E-state index contributed by atoms with van der Waals surface area (Å²) in [6.07, 6.45) is 4.13. The second-order valence-corrected chi connectivity index (χ2v) is 6.63. The van der Waals surface area contributed by atoms with Gasteiger partial charge < -0.3 is 15.2 Å². The van der Waals surface area contributed by atoms with Gasteiger partial charge in [-0.2, -0.15) is 0 Å². The smallest absolute Gasteiger partial charge is 0.408 e. The zero-order valence-electron chi connectivity index (χ0n) is 12.3. The Hall–Kier alpha value is -1.26. The zero-order chi connectivity index (χ0) is 14.7. The fourth-order valence-corrected chi connectivity index (χ4v) is 2.61. The van der Waals surface area contributed by atoms with Crippen molar-refractivity contribution in [3.63, 3.8) is 0 Å². The summed E-state index contributed by atoms with van der Waals surface area (Å²) < 4.78 is 5.14. The molecule has 0 spiro atoms. The van der Waals surface area contributed by atoms with Crippen LogP contribution in [0.2, 0.25) is 0 Å². The van der Waals surface area contributed by atoms with Crippen LogP contribution in [0.3, 0.4) is 0 Å². The number of hydrogen-bond acceptors (Lipinski definition) is 3. The number of carboxylic acids is 1. The Labute approximate surface area is 114 Å². The van der Waals surface area contributed by atoms with Crippen LogP contribution in [0.4, 0.5) is 4.79 Å². The van der Waals surface area contributed by atoms with E-state index in [1.807, 2.05) is 6.92 Å². The van der Waals surface area contributed by atoms with Crippen LogP contribution >= 0.6 is 0 Å². The van der Waals surface area contributed by atoms with Gasteiger partial charge in [0.2, 0.25) is 0 Å². The minimum absolute atomic E-state index is 0.388. The molecule has 110 valence electrons. The number of rotatable bonds is 3.